The number of fused-ring (bicyclic) bond motifs is 1. The Labute approximate surface area is 176 Å². The molecule has 9 heteroatoms. The maximum atomic E-state index is 12.9. The van der Waals surface area contributed by atoms with E-state index in [-0.39, 0.29) is 23.5 Å². The number of para-hydroxylation sites is 2. The summed E-state index contributed by atoms with van der Waals surface area (Å²) in [5.41, 5.74) is 0.294. The van der Waals surface area contributed by atoms with Crippen LogP contribution in [-0.2, 0) is 10.0 Å². The van der Waals surface area contributed by atoms with Crippen molar-refractivity contribution in [1.82, 2.24) is 14.5 Å². The first-order valence-corrected chi connectivity index (χ1v) is 11.3. The van der Waals surface area contributed by atoms with E-state index < -0.39 is 10.0 Å². The van der Waals surface area contributed by atoms with Gasteiger partial charge >= 0.3 is 0 Å². The van der Waals surface area contributed by atoms with Gasteiger partial charge in [0.2, 0.25) is 10.0 Å². The van der Waals surface area contributed by atoms with Gasteiger partial charge in [0.25, 0.3) is 5.91 Å². The standard InChI is InChI=1S/C21H25N3O5S/c1-23-9-11-24(12-10-23)30(26,27)18-6-4-5-16(13-18)21(25)22-14-17-15-28-19-7-2-3-8-20(19)29-17/h2-8,13,17H,9-12,14-15H2,1H3,(H,22,25). The van der Waals surface area contributed by atoms with Gasteiger partial charge in [-0.1, -0.05) is 18.2 Å². The van der Waals surface area contributed by atoms with Gasteiger partial charge in [0, 0.05) is 31.7 Å². The van der Waals surface area contributed by atoms with Gasteiger partial charge < -0.3 is 19.7 Å². The normalized spacial score (nSPS) is 20.0. The summed E-state index contributed by atoms with van der Waals surface area (Å²) in [6.45, 7) is 2.83. The van der Waals surface area contributed by atoms with Gasteiger partial charge in [0.05, 0.1) is 11.4 Å². The number of amides is 1. The fraction of sp³-hybridized carbons (Fsp3) is 0.381. The lowest BCUT2D eigenvalue weighted by molar-refractivity contribution is 0.0789. The van der Waals surface area contributed by atoms with E-state index in [1.54, 1.807) is 12.1 Å². The highest BCUT2D eigenvalue weighted by Gasteiger charge is 2.28. The molecular formula is C21H25N3O5S. The molecule has 0 spiro atoms. The molecule has 1 amide bonds. The first-order valence-electron chi connectivity index (χ1n) is 9.89. The van der Waals surface area contributed by atoms with E-state index in [2.05, 4.69) is 10.2 Å². The average Bonchev–Trinajstić information content (AvgIpc) is 2.77. The number of ether oxygens (including phenoxy) is 2. The first-order chi connectivity index (χ1) is 14.4. The minimum Gasteiger partial charge on any atom is -0.486 e. The van der Waals surface area contributed by atoms with Crippen molar-refractivity contribution in [3.8, 4) is 11.5 Å². The predicted octanol–water partition coefficient (Wildman–Crippen LogP) is 1.19. The molecule has 2 aliphatic rings. The van der Waals surface area contributed by atoms with Crippen molar-refractivity contribution in [2.75, 3.05) is 46.4 Å². The fourth-order valence-electron chi connectivity index (χ4n) is 3.45. The minimum atomic E-state index is -3.63. The molecule has 4 rings (SSSR count). The summed E-state index contributed by atoms with van der Waals surface area (Å²) in [5.74, 6) is 0.970. The smallest absolute Gasteiger partial charge is 0.251 e. The SMILES string of the molecule is CN1CCN(S(=O)(=O)c2cccc(C(=O)NCC3COc4ccccc4O3)c2)CC1. The number of rotatable bonds is 5. The topological polar surface area (TPSA) is 88.2 Å². The lowest BCUT2D eigenvalue weighted by Gasteiger charge is -2.31. The highest BCUT2D eigenvalue weighted by Crippen LogP contribution is 2.30. The summed E-state index contributed by atoms with van der Waals surface area (Å²) in [6, 6.07) is 13.5. The zero-order chi connectivity index (χ0) is 21.1. The second kappa shape index (κ2) is 8.63. The van der Waals surface area contributed by atoms with E-state index in [1.807, 2.05) is 31.3 Å². The monoisotopic (exact) mass is 431 g/mol. The highest BCUT2D eigenvalue weighted by molar-refractivity contribution is 7.89. The molecule has 2 aliphatic heterocycles. The third-order valence-corrected chi connectivity index (χ3v) is 7.15. The van der Waals surface area contributed by atoms with Crippen molar-refractivity contribution in [3.63, 3.8) is 0 Å². The second-order valence-corrected chi connectivity index (χ2v) is 9.38. The maximum absolute atomic E-state index is 12.9. The molecule has 0 bridgehead atoms. The summed E-state index contributed by atoms with van der Waals surface area (Å²) < 4.78 is 38.8. The van der Waals surface area contributed by atoms with Crippen LogP contribution < -0.4 is 14.8 Å². The van der Waals surface area contributed by atoms with Gasteiger partial charge in [-0.15, -0.1) is 0 Å². The maximum Gasteiger partial charge on any atom is 0.251 e. The number of piperazine rings is 1. The van der Waals surface area contributed by atoms with E-state index in [0.717, 1.165) is 0 Å². The third kappa shape index (κ3) is 4.43. The van der Waals surface area contributed by atoms with Crippen LogP contribution in [-0.4, -0.2) is 76.0 Å². The van der Waals surface area contributed by atoms with E-state index in [0.29, 0.717) is 49.8 Å². The summed E-state index contributed by atoms with van der Waals surface area (Å²) in [4.78, 5) is 14.8. The van der Waals surface area contributed by atoms with E-state index >= 15 is 0 Å². The molecule has 1 N–H and O–H groups in total. The van der Waals surface area contributed by atoms with Gasteiger partial charge in [-0.3, -0.25) is 4.79 Å². The lowest BCUT2D eigenvalue weighted by Crippen LogP contribution is -2.47. The average molecular weight is 432 g/mol. The molecule has 1 fully saturated rings. The van der Waals surface area contributed by atoms with Crippen LogP contribution in [0.5, 0.6) is 11.5 Å². The quantitative estimate of drug-likeness (QED) is 0.765. The second-order valence-electron chi connectivity index (χ2n) is 7.44. The Kier molecular flexibility index (Phi) is 5.94. The van der Waals surface area contributed by atoms with Crippen molar-refractivity contribution in [1.29, 1.82) is 0 Å². The van der Waals surface area contributed by atoms with Crippen LogP contribution in [0.4, 0.5) is 0 Å². The van der Waals surface area contributed by atoms with Crippen LogP contribution in [0.2, 0.25) is 0 Å². The predicted molar refractivity (Wildman–Crippen MR) is 111 cm³/mol. The van der Waals surface area contributed by atoms with Crippen molar-refractivity contribution >= 4 is 15.9 Å². The molecule has 2 aromatic rings. The molecule has 1 saturated heterocycles. The molecule has 2 aromatic carbocycles. The molecular weight excluding hydrogens is 406 g/mol. The van der Waals surface area contributed by atoms with Gasteiger partial charge in [-0.2, -0.15) is 4.31 Å². The van der Waals surface area contributed by atoms with E-state index in [1.165, 1.54) is 16.4 Å². The summed E-state index contributed by atoms with van der Waals surface area (Å²) in [6.07, 6.45) is -0.318. The van der Waals surface area contributed by atoms with Crippen molar-refractivity contribution < 1.29 is 22.7 Å². The number of benzene rings is 2. The molecule has 2 heterocycles. The van der Waals surface area contributed by atoms with Gasteiger partial charge in [-0.25, -0.2) is 8.42 Å². The number of nitrogens with zero attached hydrogens (tertiary/aromatic N) is 2. The minimum absolute atomic E-state index is 0.130. The summed E-state index contributed by atoms with van der Waals surface area (Å²) >= 11 is 0. The van der Waals surface area contributed by atoms with Gasteiger partial charge in [0.15, 0.2) is 11.5 Å². The highest BCUT2D eigenvalue weighted by atomic mass is 32.2. The first kappa shape index (κ1) is 20.6. The molecule has 30 heavy (non-hydrogen) atoms. The van der Waals surface area contributed by atoms with Crippen molar-refractivity contribution in [3.05, 3.63) is 54.1 Å². The number of sulfonamides is 1. The molecule has 1 unspecified atom stereocenters. The van der Waals surface area contributed by atoms with Crippen LogP contribution >= 0.6 is 0 Å². The van der Waals surface area contributed by atoms with E-state index in [9.17, 15) is 13.2 Å². The number of hydrogen-bond acceptors (Lipinski definition) is 6. The fourth-order valence-corrected chi connectivity index (χ4v) is 4.92. The number of nitrogens with one attached hydrogen (secondary N) is 1. The Morgan fingerprint density at radius 1 is 1.07 bits per heavy atom. The molecule has 0 aromatic heterocycles. The van der Waals surface area contributed by atoms with Gasteiger partial charge in [0.1, 0.15) is 12.7 Å². The molecule has 0 saturated carbocycles. The van der Waals surface area contributed by atoms with Crippen molar-refractivity contribution in [2.45, 2.75) is 11.0 Å². The van der Waals surface area contributed by atoms with E-state index in [4.69, 9.17) is 9.47 Å². The number of hydrogen-bond donors (Lipinski definition) is 1. The lowest BCUT2D eigenvalue weighted by atomic mass is 10.2. The van der Waals surface area contributed by atoms with Crippen LogP contribution in [0.25, 0.3) is 0 Å². The molecule has 0 aliphatic carbocycles. The van der Waals surface area contributed by atoms with Crippen LogP contribution in [0.3, 0.4) is 0 Å². The Hall–Kier alpha value is -2.62. The van der Waals surface area contributed by atoms with Crippen LogP contribution in [0.1, 0.15) is 10.4 Å². The van der Waals surface area contributed by atoms with Crippen LogP contribution in [0.15, 0.2) is 53.4 Å². The van der Waals surface area contributed by atoms with Gasteiger partial charge in [-0.05, 0) is 37.4 Å². The number of carbonyl (C=O) groups is 1. The Morgan fingerprint density at radius 3 is 2.57 bits per heavy atom. The molecule has 8 nitrogen and oxygen atoms in total. The zero-order valence-electron chi connectivity index (χ0n) is 16.8. The third-order valence-electron chi connectivity index (χ3n) is 5.25. The zero-order valence-corrected chi connectivity index (χ0v) is 17.6. The van der Waals surface area contributed by atoms with Crippen molar-refractivity contribution in [2.24, 2.45) is 0 Å². The van der Waals surface area contributed by atoms with Crippen LogP contribution in [0, 0.1) is 0 Å². The Balaban J connectivity index is 1.39. The molecule has 1 atom stereocenters. The number of carbonyl (C=O) groups excluding carboxylic acids is 1. The Morgan fingerprint density at radius 2 is 1.80 bits per heavy atom. The molecule has 0 radical (unpaired) electrons. The Bertz CT molecular complexity index is 1020. The largest absolute Gasteiger partial charge is 0.486 e. The summed E-state index contributed by atoms with van der Waals surface area (Å²) in [5, 5.41) is 2.80. The number of likely N-dealkylation sites (N-methyl/N-ethyl adjacent to an activating group) is 1. The molecule has 160 valence electrons. The summed E-state index contributed by atoms with van der Waals surface area (Å²) in [7, 11) is -1.66.